The van der Waals surface area contributed by atoms with Gasteiger partial charge < -0.3 is 10.0 Å². The highest BCUT2D eigenvalue weighted by Gasteiger charge is 2.38. The van der Waals surface area contributed by atoms with Crippen molar-refractivity contribution in [1.29, 1.82) is 0 Å². The van der Waals surface area contributed by atoms with Gasteiger partial charge in [-0.15, -0.1) is 0 Å². The van der Waals surface area contributed by atoms with Gasteiger partial charge in [0.15, 0.2) is 5.69 Å². The molecule has 0 saturated carbocycles. The molecule has 2 atom stereocenters. The molecule has 1 aromatic heterocycles. The second kappa shape index (κ2) is 6.12. The van der Waals surface area contributed by atoms with Crippen molar-refractivity contribution in [2.45, 2.75) is 37.7 Å². The van der Waals surface area contributed by atoms with Crippen LogP contribution in [0.2, 0.25) is 0 Å². The smallest absolute Gasteiger partial charge is 0.390 e. The average molecular weight is 332 g/mol. The van der Waals surface area contributed by atoms with E-state index in [4.69, 9.17) is 0 Å². The molecule has 1 N–H and O–H groups in total. The second-order valence-electron chi connectivity index (χ2n) is 6.07. The van der Waals surface area contributed by atoms with Gasteiger partial charge in [-0.1, -0.05) is 0 Å². The number of alkyl halides is 3. The zero-order chi connectivity index (χ0) is 16.6. The lowest BCUT2D eigenvalue weighted by Gasteiger charge is -2.25. The quantitative estimate of drug-likeness (QED) is 0.879. The summed E-state index contributed by atoms with van der Waals surface area (Å²) in [5, 5.41) is 13.5. The second-order valence-corrected chi connectivity index (χ2v) is 6.07. The minimum atomic E-state index is -4.51. The fourth-order valence-electron chi connectivity index (χ4n) is 3.24. The van der Waals surface area contributed by atoms with Gasteiger partial charge in [0.05, 0.1) is 12.1 Å². The Morgan fingerprint density at radius 1 is 1.30 bits per heavy atom. The summed E-state index contributed by atoms with van der Waals surface area (Å²) in [5.74, 6) is -0.331. The Kier molecular flexibility index (Phi) is 4.33. The molecule has 1 amide bonds. The molecule has 0 aromatic carbocycles. The van der Waals surface area contributed by atoms with Crippen LogP contribution in [-0.4, -0.2) is 68.9 Å². The lowest BCUT2D eigenvalue weighted by Crippen LogP contribution is -2.41. The van der Waals surface area contributed by atoms with Crippen molar-refractivity contribution in [2.75, 3.05) is 26.2 Å². The number of likely N-dealkylation sites (tertiary alicyclic amines) is 2. The Hall–Kier alpha value is -1.61. The van der Waals surface area contributed by atoms with Crippen molar-refractivity contribution in [3.8, 4) is 0 Å². The molecule has 9 heteroatoms. The SMILES string of the molecule is O=C(Cn1ccc(C(F)(F)F)n1)N1C[C@@H](O)[C@H](N2CCCC2)C1. The summed E-state index contributed by atoms with van der Waals surface area (Å²) in [6.07, 6.45) is -1.81. The van der Waals surface area contributed by atoms with E-state index in [1.165, 1.54) is 4.90 Å². The molecular formula is C14H19F3N4O2. The molecule has 2 aliphatic rings. The van der Waals surface area contributed by atoms with E-state index in [2.05, 4.69) is 10.00 Å². The van der Waals surface area contributed by atoms with Crippen molar-refractivity contribution in [3.63, 3.8) is 0 Å². The van der Waals surface area contributed by atoms with Gasteiger partial charge in [-0.3, -0.25) is 14.4 Å². The van der Waals surface area contributed by atoms with Gasteiger partial charge in [-0.2, -0.15) is 18.3 Å². The first-order valence-electron chi connectivity index (χ1n) is 7.65. The maximum Gasteiger partial charge on any atom is 0.435 e. The number of rotatable bonds is 3. The summed E-state index contributed by atoms with van der Waals surface area (Å²) in [6.45, 7) is 2.20. The minimum absolute atomic E-state index is 0.0789. The molecule has 23 heavy (non-hydrogen) atoms. The Morgan fingerprint density at radius 3 is 2.61 bits per heavy atom. The largest absolute Gasteiger partial charge is 0.435 e. The number of hydrogen-bond donors (Lipinski definition) is 1. The number of β-amino-alcohol motifs (C(OH)–C–C–N with tert-alkyl or cyclic N) is 1. The maximum atomic E-state index is 12.5. The van der Waals surface area contributed by atoms with Crippen LogP contribution in [0, 0.1) is 0 Å². The van der Waals surface area contributed by atoms with Crippen molar-refractivity contribution in [3.05, 3.63) is 18.0 Å². The third kappa shape index (κ3) is 3.50. The number of amides is 1. The van der Waals surface area contributed by atoms with E-state index in [-0.39, 0.29) is 25.0 Å². The van der Waals surface area contributed by atoms with E-state index in [1.54, 1.807) is 0 Å². The highest BCUT2D eigenvalue weighted by Crippen LogP contribution is 2.27. The lowest BCUT2D eigenvalue weighted by molar-refractivity contribution is -0.142. The normalized spacial score (nSPS) is 26.2. The minimum Gasteiger partial charge on any atom is -0.390 e. The van der Waals surface area contributed by atoms with Crippen LogP contribution in [-0.2, 0) is 17.5 Å². The molecule has 6 nitrogen and oxygen atoms in total. The third-order valence-corrected chi connectivity index (χ3v) is 4.45. The molecule has 2 fully saturated rings. The summed E-state index contributed by atoms with van der Waals surface area (Å²) in [4.78, 5) is 15.9. The number of carbonyl (C=O) groups excluding carboxylic acids is 1. The van der Waals surface area contributed by atoms with Crippen LogP contribution in [0.3, 0.4) is 0 Å². The summed E-state index contributed by atoms with van der Waals surface area (Å²) in [7, 11) is 0. The van der Waals surface area contributed by atoms with Crippen LogP contribution >= 0.6 is 0 Å². The van der Waals surface area contributed by atoms with Crippen LogP contribution in [0.1, 0.15) is 18.5 Å². The van der Waals surface area contributed by atoms with Crippen LogP contribution in [0.4, 0.5) is 13.2 Å². The summed E-state index contributed by atoms with van der Waals surface area (Å²) >= 11 is 0. The van der Waals surface area contributed by atoms with Crippen molar-refractivity contribution in [1.82, 2.24) is 19.6 Å². The van der Waals surface area contributed by atoms with Crippen LogP contribution in [0.25, 0.3) is 0 Å². The number of carbonyl (C=O) groups is 1. The van der Waals surface area contributed by atoms with E-state index in [9.17, 15) is 23.1 Å². The number of halogens is 3. The number of hydrogen-bond acceptors (Lipinski definition) is 4. The number of aliphatic hydroxyl groups excluding tert-OH is 1. The molecule has 2 aliphatic heterocycles. The molecule has 0 unspecified atom stereocenters. The van der Waals surface area contributed by atoms with E-state index >= 15 is 0 Å². The van der Waals surface area contributed by atoms with Gasteiger partial charge in [0.25, 0.3) is 0 Å². The van der Waals surface area contributed by atoms with E-state index in [0.29, 0.717) is 6.54 Å². The molecule has 3 rings (SSSR count). The van der Waals surface area contributed by atoms with Gasteiger partial charge in [0, 0.05) is 19.3 Å². The third-order valence-electron chi connectivity index (χ3n) is 4.45. The van der Waals surface area contributed by atoms with E-state index in [1.807, 2.05) is 0 Å². The first-order valence-corrected chi connectivity index (χ1v) is 7.65. The predicted molar refractivity (Wildman–Crippen MR) is 74.4 cm³/mol. The van der Waals surface area contributed by atoms with Gasteiger partial charge >= 0.3 is 6.18 Å². The summed E-state index contributed by atoms with van der Waals surface area (Å²) in [6, 6.07) is 0.767. The molecule has 2 saturated heterocycles. The predicted octanol–water partition coefficient (Wildman–Crippen LogP) is 0.569. The molecule has 1 aromatic rings. The van der Waals surface area contributed by atoms with Crippen molar-refractivity contribution >= 4 is 5.91 Å². The molecule has 128 valence electrons. The van der Waals surface area contributed by atoms with E-state index < -0.39 is 18.0 Å². The zero-order valence-corrected chi connectivity index (χ0v) is 12.5. The Balaban J connectivity index is 1.59. The highest BCUT2D eigenvalue weighted by atomic mass is 19.4. The first kappa shape index (κ1) is 16.3. The number of aliphatic hydroxyl groups is 1. The molecule has 0 bridgehead atoms. The summed E-state index contributed by atoms with van der Waals surface area (Å²) < 4.78 is 38.5. The van der Waals surface area contributed by atoms with Crippen LogP contribution < -0.4 is 0 Å². The molecule has 0 spiro atoms. The lowest BCUT2D eigenvalue weighted by atomic mass is 10.2. The fraction of sp³-hybridized carbons (Fsp3) is 0.714. The first-order chi connectivity index (χ1) is 10.8. The van der Waals surface area contributed by atoms with E-state index in [0.717, 1.165) is 42.9 Å². The average Bonchev–Trinajstić information content (AvgIpc) is 3.16. The Morgan fingerprint density at radius 2 is 2.00 bits per heavy atom. The monoisotopic (exact) mass is 332 g/mol. The zero-order valence-electron chi connectivity index (χ0n) is 12.5. The Labute approximate surface area is 131 Å². The molecule has 0 radical (unpaired) electrons. The van der Waals surface area contributed by atoms with Gasteiger partial charge in [0.1, 0.15) is 6.54 Å². The summed E-state index contributed by atoms with van der Waals surface area (Å²) in [5.41, 5.74) is -1.01. The number of nitrogens with zero attached hydrogens (tertiary/aromatic N) is 4. The standard InChI is InChI=1S/C14H19F3N4O2/c15-14(16,17)12-3-6-21(18-12)9-13(23)20-7-10(11(22)8-20)19-4-1-2-5-19/h3,6,10-11,22H,1-2,4-5,7-9H2/t10-,11-/m1/s1. The van der Waals surface area contributed by atoms with Crippen LogP contribution in [0.15, 0.2) is 12.3 Å². The molecule has 3 heterocycles. The molecule has 0 aliphatic carbocycles. The van der Waals surface area contributed by atoms with Gasteiger partial charge in [-0.05, 0) is 32.0 Å². The number of aromatic nitrogens is 2. The van der Waals surface area contributed by atoms with Crippen molar-refractivity contribution < 1.29 is 23.1 Å². The topological polar surface area (TPSA) is 61.6 Å². The van der Waals surface area contributed by atoms with Gasteiger partial charge in [-0.25, -0.2) is 0 Å². The van der Waals surface area contributed by atoms with Crippen LogP contribution in [0.5, 0.6) is 0 Å². The fourth-order valence-corrected chi connectivity index (χ4v) is 3.24. The molecular weight excluding hydrogens is 313 g/mol. The maximum absolute atomic E-state index is 12.5. The van der Waals surface area contributed by atoms with Crippen molar-refractivity contribution in [2.24, 2.45) is 0 Å². The van der Waals surface area contributed by atoms with Gasteiger partial charge in [0.2, 0.25) is 5.91 Å². The highest BCUT2D eigenvalue weighted by molar-refractivity contribution is 5.76. The Bertz CT molecular complexity index is 569.